The molecule has 4 nitrogen and oxygen atoms in total. The maximum atomic E-state index is 11.8. The van der Waals surface area contributed by atoms with Crippen molar-refractivity contribution in [2.24, 2.45) is 11.8 Å². The third kappa shape index (κ3) is 1.22. The molecule has 1 amide bonds. The molecule has 0 aromatic rings. The van der Waals surface area contributed by atoms with Crippen molar-refractivity contribution in [2.75, 3.05) is 20.1 Å². The van der Waals surface area contributed by atoms with Gasteiger partial charge in [-0.05, 0) is 20.8 Å². The topological polar surface area (TPSA) is 32.5 Å². The van der Waals surface area contributed by atoms with E-state index in [4.69, 9.17) is 4.74 Å². The predicted octanol–water partition coefficient (Wildman–Crippen LogP) is 0.949. The molecule has 2 aliphatic heterocycles. The number of piperidine rings is 1. The van der Waals surface area contributed by atoms with Crippen LogP contribution in [0.25, 0.3) is 0 Å². The van der Waals surface area contributed by atoms with Crippen molar-refractivity contribution in [3.05, 3.63) is 0 Å². The number of amides is 1. The maximum absolute atomic E-state index is 11.8. The van der Waals surface area contributed by atoms with Crippen LogP contribution in [0.4, 0.5) is 4.79 Å². The molecule has 0 bridgehead atoms. The first-order valence-corrected chi connectivity index (χ1v) is 5.91. The molecule has 3 rings (SSSR count). The van der Waals surface area contributed by atoms with Gasteiger partial charge in [0.15, 0.2) is 0 Å². The standard InChI is InChI=1S/C12H19N2O2/c1-11(2,3)16-10(15)14-5-8-9(6-14)12(8)7-13(12)4/h7-9H,5-6H2,1-4H3/q+1. The first-order chi connectivity index (χ1) is 7.34. The highest BCUT2D eigenvalue weighted by Gasteiger charge is 2.84. The largest absolute Gasteiger partial charge is 0.444 e. The van der Waals surface area contributed by atoms with E-state index >= 15 is 0 Å². The average Bonchev–Trinajstić information content (AvgIpc) is 2.87. The molecule has 16 heavy (non-hydrogen) atoms. The van der Waals surface area contributed by atoms with E-state index in [1.807, 2.05) is 25.7 Å². The van der Waals surface area contributed by atoms with Crippen molar-refractivity contribution < 1.29 is 14.1 Å². The summed E-state index contributed by atoms with van der Waals surface area (Å²) < 4.78 is 7.66. The lowest BCUT2D eigenvalue weighted by Crippen LogP contribution is -2.38. The lowest BCUT2D eigenvalue weighted by atomic mass is 10.2. The Morgan fingerprint density at radius 2 is 1.94 bits per heavy atom. The highest BCUT2D eigenvalue weighted by molar-refractivity contribution is 5.81. The Balaban J connectivity index is 1.56. The second kappa shape index (κ2) is 2.60. The van der Waals surface area contributed by atoms with Crippen LogP contribution in [-0.2, 0) is 4.74 Å². The monoisotopic (exact) mass is 223 g/mol. The van der Waals surface area contributed by atoms with Crippen molar-refractivity contribution in [1.29, 1.82) is 0 Å². The van der Waals surface area contributed by atoms with Gasteiger partial charge in [0.1, 0.15) is 12.6 Å². The quantitative estimate of drug-likeness (QED) is 0.573. The zero-order valence-electron chi connectivity index (χ0n) is 10.4. The molecule has 1 saturated heterocycles. The Morgan fingerprint density at radius 3 is 2.31 bits per heavy atom. The summed E-state index contributed by atoms with van der Waals surface area (Å²) in [5, 5.41) is 0. The molecule has 4 heteroatoms. The molecule has 2 fully saturated rings. The van der Waals surface area contributed by atoms with Gasteiger partial charge in [-0.15, -0.1) is 0 Å². The van der Waals surface area contributed by atoms with Gasteiger partial charge in [0.2, 0.25) is 11.8 Å². The summed E-state index contributed by atoms with van der Waals surface area (Å²) in [4.78, 5) is 13.7. The van der Waals surface area contributed by atoms with Crippen LogP contribution in [0.5, 0.6) is 0 Å². The number of hydrogen-bond acceptors (Lipinski definition) is 2. The SMILES string of the molecule is C[N+]1=CC12C1CN(C(=O)OC(C)(C)C)CC12. The Hall–Kier alpha value is -1.06. The summed E-state index contributed by atoms with van der Waals surface area (Å²) in [7, 11) is 2.12. The molecular weight excluding hydrogens is 204 g/mol. The normalized spacial score (nSPS) is 39.5. The van der Waals surface area contributed by atoms with E-state index < -0.39 is 0 Å². The molecule has 0 aromatic heterocycles. The molecule has 1 spiro atoms. The van der Waals surface area contributed by atoms with Gasteiger partial charge in [-0.1, -0.05) is 0 Å². The van der Waals surface area contributed by atoms with Gasteiger partial charge in [-0.3, -0.25) is 0 Å². The Kier molecular flexibility index (Phi) is 1.65. The molecule has 88 valence electrons. The fourth-order valence-electron chi connectivity index (χ4n) is 3.11. The van der Waals surface area contributed by atoms with Crippen LogP contribution in [0.15, 0.2) is 0 Å². The van der Waals surface area contributed by atoms with Crippen molar-refractivity contribution in [3.63, 3.8) is 0 Å². The molecule has 0 N–H and O–H groups in total. The van der Waals surface area contributed by atoms with Crippen LogP contribution >= 0.6 is 0 Å². The molecule has 0 radical (unpaired) electrons. The van der Waals surface area contributed by atoms with Crippen LogP contribution in [0, 0.1) is 11.8 Å². The van der Waals surface area contributed by atoms with E-state index in [9.17, 15) is 4.79 Å². The third-order valence-electron chi connectivity index (χ3n) is 3.99. The minimum Gasteiger partial charge on any atom is -0.444 e. The number of likely N-dealkylation sites (tertiary alicyclic amines) is 1. The number of fused-ring (bicyclic) bond motifs is 3. The summed E-state index contributed by atoms with van der Waals surface area (Å²) in [6.45, 7) is 7.45. The third-order valence-corrected chi connectivity index (χ3v) is 3.99. The average molecular weight is 223 g/mol. The molecule has 1 aliphatic carbocycles. The van der Waals surface area contributed by atoms with Gasteiger partial charge in [-0.25, -0.2) is 9.37 Å². The van der Waals surface area contributed by atoms with Gasteiger partial charge >= 0.3 is 6.09 Å². The van der Waals surface area contributed by atoms with E-state index in [0.29, 0.717) is 17.4 Å². The van der Waals surface area contributed by atoms with Gasteiger partial charge < -0.3 is 9.64 Å². The van der Waals surface area contributed by atoms with Crippen molar-refractivity contribution in [1.82, 2.24) is 4.90 Å². The molecule has 2 atom stereocenters. The second-order valence-electron chi connectivity index (χ2n) is 6.23. The highest BCUT2D eigenvalue weighted by Crippen LogP contribution is 2.61. The summed E-state index contributed by atoms with van der Waals surface area (Å²) in [6.07, 6.45) is 2.13. The van der Waals surface area contributed by atoms with Crippen molar-refractivity contribution in [2.45, 2.75) is 31.9 Å². The zero-order chi connectivity index (χ0) is 11.7. The Labute approximate surface area is 95.9 Å². The van der Waals surface area contributed by atoms with Crippen LogP contribution in [-0.4, -0.2) is 53.1 Å². The minimum atomic E-state index is -0.385. The van der Waals surface area contributed by atoms with Crippen LogP contribution in [0.1, 0.15) is 20.8 Å². The number of ether oxygens (including phenoxy) is 1. The second-order valence-corrected chi connectivity index (χ2v) is 6.23. The van der Waals surface area contributed by atoms with Crippen molar-refractivity contribution >= 4 is 12.3 Å². The number of nitrogens with zero attached hydrogens (tertiary/aromatic N) is 2. The first kappa shape index (κ1) is 10.1. The summed E-state index contributed by atoms with van der Waals surface area (Å²) >= 11 is 0. The lowest BCUT2D eigenvalue weighted by molar-refractivity contribution is -0.455. The minimum absolute atomic E-state index is 0.154. The Morgan fingerprint density at radius 1 is 1.44 bits per heavy atom. The van der Waals surface area contributed by atoms with E-state index in [-0.39, 0.29) is 11.7 Å². The summed E-state index contributed by atoms with van der Waals surface area (Å²) in [5.41, 5.74) is -0.0113. The molecular formula is C12H19N2O2+. The van der Waals surface area contributed by atoms with Crippen LogP contribution < -0.4 is 0 Å². The lowest BCUT2D eigenvalue weighted by Gasteiger charge is -2.25. The first-order valence-electron chi connectivity index (χ1n) is 5.91. The number of hydrogen-bond donors (Lipinski definition) is 0. The fourth-order valence-corrected chi connectivity index (χ4v) is 3.11. The number of carbonyl (C=O) groups excluding carboxylic acids is 1. The maximum Gasteiger partial charge on any atom is 0.410 e. The predicted molar refractivity (Wildman–Crippen MR) is 59.8 cm³/mol. The number of rotatable bonds is 0. The summed E-state index contributed by atoms with van der Waals surface area (Å²) in [6, 6.07) is 0. The summed E-state index contributed by atoms with van der Waals surface area (Å²) in [5.74, 6) is 1.31. The van der Waals surface area contributed by atoms with E-state index in [2.05, 4.69) is 17.8 Å². The van der Waals surface area contributed by atoms with E-state index in [1.165, 1.54) is 0 Å². The van der Waals surface area contributed by atoms with E-state index in [1.54, 1.807) is 0 Å². The van der Waals surface area contributed by atoms with Gasteiger partial charge in [-0.2, -0.15) is 0 Å². The van der Waals surface area contributed by atoms with Crippen molar-refractivity contribution in [3.8, 4) is 0 Å². The Bertz CT molecular complexity index is 382. The molecule has 1 saturated carbocycles. The molecule has 3 aliphatic rings. The number of carbonyl (C=O) groups is 1. The zero-order valence-corrected chi connectivity index (χ0v) is 10.4. The molecule has 0 aromatic carbocycles. The van der Waals surface area contributed by atoms with Gasteiger partial charge in [0.05, 0.1) is 11.8 Å². The van der Waals surface area contributed by atoms with Gasteiger partial charge in [0.25, 0.3) is 0 Å². The van der Waals surface area contributed by atoms with Crippen LogP contribution in [0.3, 0.4) is 0 Å². The fraction of sp³-hybridized carbons (Fsp3) is 0.833. The highest BCUT2D eigenvalue weighted by atomic mass is 16.6. The van der Waals surface area contributed by atoms with E-state index in [0.717, 1.165) is 13.1 Å². The smallest absolute Gasteiger partial charge is 0.410 e. The van der Waals surface area contributed by atoms with Crippen LogP contribution in [0.2, 0.25) is 0 Å². The molecule has 2 unspecified atom stereocenters. The molecule has 2 heterocycles. The van der Waals surface area contributed by atoms with Gasteiger partial charge in [0, 0.05) is 13.1 Å².